The van der Waals surface area contributed by atoms with Crippen molar-refractivity contribution in [2.24, 2.45) is 0 Å². The fourth-order valence-electron chi connectivity index (χ4n) is 3.79. The Morgan fingerprint density at radius 1 is 1.24 bits per heavy atom. The molecule has 3 aromatic rings. The molecule has 4 rings (SSSR count). The number of nitrogens with one attached hydrogen (secondary N) is 1. The van der Waals surface area contributed by atoms with Gasteiger partial charge in [-0.25, -0.2) is 4.68 Å². The summed E-state index contributed by atoms with van der Waals surface area (Å²) in [5.41, 5.74) is 1.77. The SMILES string of the molecule is COC(C(=O)Nc1ccnn1C1CCN(Cc2ccon2)CC1)c1ccccc1. The third-order valence-electron chi connectivity index (χ3n) is 5.28. The number of hydrogen-bond acceptors (Lipinski definition) is 6. The molecule has 8 heteroatoms. The Balaban J connectivity index is 1.38. The normalized spacial score (nSPS) is 16.6. The maximum absolute atomic E-state index is 12.8. The van der Waals surface area contributed by atoms with Gasteiger partial charge in [0.1, 0.15) is 12.1 Å². The number of likely N-dealkylation sites (tertiary alicyclic amines) is 1. The van der Waals surface area contributed by atoms with Crippen LogP contribution < -0.4 is 5.32 Å². The Hall–Kier alpha value is -2.97. The summed E-state index contributed by atoms with van der Waals surface area (Å²) in [4.78, 5) is 15.2. The molecule has 0 radical (unpaired) electrons. The Morgan fingerprint density at radius 2 is 2.03 bits per heavy atom. The number of hydrogen-bond donors (Lipinski definition) is 1. The molecule has 1 N–H and O–H groups in total. The highest BCUT2D eigenvalue weighted by Crippen LogP contribution is 2.27. The van der Waals surface area contributed by atoms with E-state index in [0.29, 0.717) is 5.82 Å². The fourth-order valence-corrected chi connectivity index (χ4v) is 3.79. The van der Waals surface area contributed by atoms with Gasteiger partial charge in [-0.2, -0.15) is 5.10 Å². The molecule has 2 aromatic heterocycles. The molecular weight excluding hydrogens is 370 g/mol. The lowest BCUT2D eigenvalue weighted by atomic mass is 10.0. The Labute approximate surface area is 169 Å². The maximum Gasteiger partial charge on any atom is 0.259 e. The fraction of sp³-hybridized carbons (Fsp3) is 0.381. The quantitative estimate of drug-likeness (QED) is 0.662. The molecule has 1 aliphatic heterocycles. The van der Waals surface area contributed by atoms with E-state index in [1.54, 1.807) is 19.6 Å². The number of rotatable bonds is 7. The van der Waals surface area contributed by atoms with Crippen LogP contribution in [0.5, 0.6) is 0 Å². The van der Waals surface area contributed by atoms with Gasteiger partial charge in [0.15, 0.2) is 6.10 Å². The third-order valence-corrected chi connectivity index (χ3v) is 5.28. The van der Waals surface area contributed by atoms with E-state index in [0.717, 1.165) is 43.7 Å². The molecule has 1 unspecified atom stereocenters. The van der Waals surface area contributed by atoms with E-state index < -0.39 is 6.10 Å². The molecule has 1 atom stereocenters. The summed E-state index contributed by atoms with van der Waals surface area (Å²) in [7, 11) is 1.54. The van der Waals surface area contributed by atoms with Crippen LogP contribution in [0, 0.1) is 0 Å². The van der Waals surface area contributed by atoms with Gasteiger partial charge in [-0.15, -0.1) is 0 Å². The largest absolute Gasteiger partial charge is 0.367 e. The molecule has 1 amide bonds. The summed E-state index contributed by atoms with van der Waals surface area (Å²) >= 11 is 0. The van der Waals surface area contributed by atoms with E-state index >= 15 is 0 Å². The van der Waals surface area contributed by atoms with Crippen LogP contribution in [-0.2, 0) is 16.1 Å². The molecule has 0 aliphatic carbocycles. The van der Waals surface area contributed by atoms with Crippen LogP contribution in [0.25, 0.3) is 0 Å². The Bertz CT molecular complexity index is 902. The zero-order valence-electron chi connectivity index (χ0n) is 16.4. The first-order chi connectivity index (χ1) is 14.2. The molecule has 3 heterocycles. The lowest BCUT2D eigenvalue weighted by molar-refractivity contribution is -0.126. The van der Waals surface area contributed by atoms with Crippen molar-refractivity contribution in [2.75, 3.05) is 25.5 Å². The summed E-state index contributed by atoms with van der Waals surface area (Å²) < 4.78 is 12.3. The van der Waals surface area contributed by atoms with E-state index in [2.05, 4.69) is 20.5 Å². The van der Waals surface area contributed by atoms with Crippen molar-refractivity contribution in [3.8, 4) is 0 Å². The summed E-state index contributed by atoms with van der Waals surface area (Å²) in [5, 5.41) is 11.4. The van der Waals surface area contributed by atoms with Crippen LogP contribution in [0.1, 0.15) is 36.2 Å². The number of carbonyl (C=O) groups is 1. The van der Waals surface area contributed by atoms with Crippen molar-refractivity contribution >= 4 is 11.7 Å². The zero-order chi connectivity index (χ0) is 20.1. The molecule has 0 spiro atoms. The van der Waals surface area contributed by atoms with Gasteiger partial charge in [0.05, 0.1) is 17.9 Å². The monoisotopic (exact) mass is 395 g/mol. The molecule has 0 bridgehead atoms. The third kappa shape index (κ3) is 4.55. The van der Waals surface area contributed by atoms with Gasteiger partial charge in [-0.1, -0.05) is 35.5 Å². The Kier molecular flexibility index (Phi) is 6.02. The predicted octanol–water partition coefficient (Wildman–Crippen LogP) is 3.03. The lowest BCUT2D eigenvalue weighted by Crippen LogP contribution is -2.35. The van der Waals surface area contributed by atoms with Gasteiger partial charge in [-0.05, 0) is 18.4 Å². The molecule has 8 nitrogen and oxygen atoms in total. The molecule has 0 saturated carbocycles. The molecular formula is C21H25N5O3. The van der Waals surface area contributed by atoms with Crippen LogP contribution >= 0.6 is 0 Å². The van der Waals surface area contributed by atoms with E-state index in [9.17, 15) is 4.79 Å². The minimum Gasteiger partial charge on any atom is -0.367 e. The topological polar surface area (TPSA) is 85.4 Å². The number of carbonyl (C=O) groups excluding carboxylic acids is 1. The van der Waals surface area contributed by atoms with Gasteiger partial charge in [0.25, 0.3) is 5.91 Å². The van der Waals surface area contributed by atoms with Crippen molar-refractivity contribution in [1.82, 2.24) is 19.8 Å². The first-order valence-corrected chi connectivity index (χ1v) is 9.78. The van der Waals surface area contributed by atoms with Crippen LogP contribution in [0.4, 0.5) is 5.82 Å². The molecule has 1 aliphatic rings. The molecule has 152 valence electrons. The lowest BCUT2D eigenvalue weighted by Gasteiger charge is -2.32. The number of benzene rings is 1. The smallest absolute Gasteiger partial charge is 0.259 e. The van der Waals surface area contributed by atoms with E-state index in [4.69, 9.17) is 9.26 Å². The summed E-state index contributed by atoms with van der Waals surface area (Å²) in [6, 6.07) is 13.4. The van der Waals surface area contributed by atoms with Gasteiger partial charge < -0.3 is 14.6 Å². The van der Waals surface area contributed by atoms with Crippen molar-refractivity contribution in [2.45, 2.75) is 31.5 Å². The Morgan fingerprint density at radius 3 is 2.72 bits per heavy atom. The number of anilines is 1. The van der Waals surface area contributed by atoms with E-state index in [-0.39, 0.29) is 11.9 Å². The molecule has 1 aromatic carbocycles. The summed E-state index contributed by atoms with van der Waals surface area (Å²) in [6.07, 6.45) is 4.57. The minimum absolute atomic E-state index is 0.205. The van der Waals surface area contributed by atoms with Crippen molar-refractivity contribution < 1.29 is 14.1 Å². The second kappa shape index (κ2) is 9.02. The highest BCUT2D eigenvalue weighted by molar-refractivity contribution is 5.94. The number of nitrogens with zero attached hydrogens (tertiary/aromatic N) is 4. The van der Waals surface area contributed by atoms with Crippen LogP contribution in [0.3, 0.4) is 0 Å². The minimum atomic E-state index is -0.663. The van der Waals surface area contributed by atoms with E-state index in [1.165, 1.54) is 0 Å². The number of ether oxygens (including phenoxy) is 1. The summed E-state index contributed by atoms with van der Waals surface area (Å²) in [5.74, 6) is 0.492. The second-order valence-electron chi connectivity index (χ2n) is 7.17. The van der Waals surface area contributed by atoms with Crippen molar-refractivity contribution in [1.29, 1.82) is 0 Å². The second-order valence-corrected chi connectivity index (χ2v) is 7.17. The van der Waals surface area contributed by atoms with Crippen LogP contribution in [0.2, 0.25) is 0 Å². The maximum atomic E-state index is 12.8. The summed E-state index contributed by atoms with van der Waals surface area (Å²) in [6.45, 7) is 2.67. The number of methoxy groups -OCH3 is 1. The number of piperidine rings is 1. The van der Waals surface area contributed by atoms with Crippen molar-refractivity contribution in [3.05, 3.63) is 66.2 Å². The van der Waals surface area contributed by atoms with Crippen LogP contribution in [-0.4, -0.2) is 45.9 Å². The average Bonchev–Trinajstić information content (AvgIpc) is 3.42. The van der Waals surface area contributed by atoms with Gasteiger partial charge >= 0.3 is 0 Å². The van der Waals surface area contributed by atoms with E-state index in [1.807, 2.05) is 47.1 Å². The van der Waals surface area contributed by atoms with Gasteiger partial charge in [0.2, 0.25) is 0 Å². The van der Waals surface area contributed by atoms with Crippen molar-refractivity contribution in [3.63, 3.8) is 0 Å². The highest BCUT2D eigenvalue weighted by atomic mass is 16.5. The first-order valence-electron chi connectivity index (χ1n) is 9.78. The number of aromatic nitrogens is 3. The molecule has 1 saturated heterocycles. The molecule has 1 fully saturated rings. The van der Waals surface area contributed by atoms with Gasteiger partial charge in [-0.3, -0.25) is 9.69 Å². The highest BCUT2D eigenvalue weighted by Gasteiger charge is 2.25. The van der Waals surface area contributed by atoms with Gasteiger partial charge in [0, 0.05) is 38.9 Å². The first kappa shape index (κ1) is 19.4. The zero-order valence-corrected chi connectivity index (χ0v) is 16.4. The predicted molar refractivity (Wildman–Crippen MR) is 107 cm³/mol. The van der Waals surface area contributed by atoms with Crippen LogP contribution in [0.15, 0.2) is 59.4 Å². The average molecular weight is 395 g/mol. The molecule has 29 heavy (non-hydrogen) atoms. The number of amides is 1. The standard InChI is InChI=1S/C21H25N5O3/c1-28-20(16-5-3-2-4-6-16)21(27)23-19-7-11-22-26(19)18-8-12-25(13-9-18)15-17-10-14-29-24-17/h2-7,10-11,14,18,20H,8-9,12-13,15H2,1H3,(H,23,27).